The quantitative estimate of drug-likeness (QED) is 0.790. The molecular formula is C17H15N3O2. The van der Waals surface area contributed by atoms with Crippen LogP contribution in [0.25, 0.3) is 11.0 Å². The third-order valence-electron chi connectivity index (χ3n) is 3.99. The molecule has 110 valence electrons. The first-order chi connectivity index (χ1) is 10.8. The van der Waals surface area contributed by atoms with E-state index in [4.69, 9.17) is 4.52 Å². The largest absolute Gasteiger partial charge is 0.356 e. The Hall–Kier alpha value is -2.82. The lowest BCUT2D eigenvalue weighted by molar-refractivity contribution is 0.246. The Morgan fingerprint density at radius 3 is 2.95 bits per heavy atom. The number of para-hydroxylation sites is 2. The van der Waals surface area contributed by atoms with E-state index < -0.39 is 0 Å². The van der Waals surface area contributed by atoms with Gasteiger partial charge in [-0.3, -0.25) is 4.90 Å². The normalized spacial score (nSPS) is 13.4. The van der Waals surface area contributed by atoms with E-state index >= 15 is 0 Å². The van der Waals surface area contributed by atoms with Crippen LogP contribution in [0, 0.1) is 0 Å². The van der Waals surface area contributed by atoms with Crippen molar-refractivity contribution in [3.8, 4) is 0 Å². The molecule has 2 heterocycles. The maximum atomic E-state index is 12.4. The Kier molecular flexibility index (Phi) is 3.04. The average Bonchev–Trinajstić information content (AvgIpc) is 3.17. The van der Waals surface area contributed by atoms with E-state index in [0.717, 1.165) is 28.8 Å². The summed E-state index contributed by atoms with van der Waals surface area (Å²) >= 11 is 0. The molecule has 0 spiro atoms. The van der Waals surface area contributed by atoms with E-state index in [1.54, 1.807) is 4.90 Å². The molecule has 0 atom stereocenters. The topological polar surface area (TPSA) is 58.4 Å². The van der Waals surface area contributed by atoms with Crippen molar-refractivity contribution in [3.63, 3.8) is 0 Å². The molecule has 1 N–H and O–H groups in total. The lowest BCUT2D eigenvalue weighted by Crippen LogP contribution is -2.38. The van der Waals surface area contributed by atoms with Crippen LogP contribution in [0.5, 0.6) is 0 Å². The lowest BCUT2D eigenvalue weighted by atomic mass is 10.2. The Balaban J connectivity index is 1.49. The fourth-order valence-electron chi connectivity index (χ4n) is 2.87. The summed E-state index contributed by atoms with van der Waals surface area (Å²) < 4.78 is 5.25. The predicted octanol–water partition coefficient (Wildman–Crippen LogP) is 3.10. The summed E-state index contributed by atoms with van der Waals surface area (Å²) in [6.07, 6.45) is 0.899. The van der Waals surface area contributed by atoms with Gasteiger partial charge in [-0.05, 0) is 30.2 Å². The van der Waals surface area contributed by atoms with Crippen molar-refractivity contribution >= 4 is 22.7 Å². The highest BCUT2D eigenvalue weighted by Gasteiger charge is 2.24. The molecule has 3 aromatic rings. The molecule has 2 aromatic carbocycles. The van der Waals surface area contributed by atoms with Gasteiger partial charge in [0.05, 0.1) is 6.54 Å². The highest BCUT2D eigenvalue weighted by Crippen LogP contribution is 2.27. The molecule has 22 heavy (non-hydrogen) atoms. The molecule has 1 aliphatic heterocycles. The molecule has 5 nitrogen and oxygen atoms in total. The zero-order valence-electron chi connectivity index (χ0n) is 12.0. The molecule has 4 rings (SSSR count). The predicted molar refractivity (Wildman–Crippen MR) is 83.7 cm³/mol. The van der Waals surface area contributed by atoms with Crippen LogP contribution in [0.1, 0.15) is 11.3 Å². The smallest absolute Gasteiger partial charge is 0.322 e. The van der Waals surface area contributed by atoms with Crippen LogP contribution in [0.15, 0.2) is 53.1 Å². The molecule has 0 fully saturated rings. The first-order valence-corrected chi connectivity index (χ1v) is 7.29. The van der Waals surface area contributed by atoms with Gasteiger partial charge >= 0.3 is 6.03 Å². The number of aromatic nitrogens is 1. The number of rotatable bonds is 2. The number of fused-ring (bicyclic) bond motifs is 2. The maximum absolute atomic E-state index is 12.4. The second kappa shape index (κ2) is 5.18. The summed E-state index contributed by atoms with van der Waals surface area (Å²) in [5.41, 5.74) is 3.68. The number of carbonyl (C=O) groups excluding carboxylic acids is 1. The summed E-state index contributed by atoms with van der Waals surface area (Å²) in [5.74, 6) is 0. The van der Waals surface area contributed by atoms with Gasteiger partial charge in [-0.1, -0.05) is 35.5 Å². The van der Waals surface area contributed by atoms with Gasteiger partial charge in [-0.2, -0.15) is 0 Å². The molecule has 2 amide bonds. The van der Waals surface area contributed by atoms with Crippen molar-refractivity contribution in [1.82, 2.24) is 10.5 Å². The van der Waals surface area contributed by atoms with Crippen LogP contribution < -0.4 is 10.2 Å². The Morgan fingerprint density at radius 1 is 1.18 bits per heavy atom. The molecule has 0 radical (unpaired) electrons. The van der Waals surface area contributed by atoms with Crippen LogP contribution in [0.3, 0.4) is 0 Å². The third kappa shape index (κ3) is 2.11. The molecule has 0 saturated carbocycles. The number of anilines is 1. The lowest BCUT2D eigenvalue weighted by Gasteiger charge is -2.17. The number of nitrogens with zero attached hydrogens (tertiary/aromatic N) is 2. The molecule has 1 aliphatic rings. The van der Waals surface area contributed by atoms with Gasteiger partial charge in [-0.15, -0.1) is 0 Å². The van der Waals surface area contributed by atoms with Gasteiger partial charge in [0.2, 0.25) is 0 Å². The van der Waals surface area contributed by atoms with Gasteiger partial charge in [0, 0.05) is 17.6 Å². The number of amides is 2. The van der Waals surface area contributed by atoms with Gasteiger partial charge in [-0.25, -0.2) is 4.79 Å². The molecule has 0 aliphatic carbocycles. The van der Waals surface area contributed by atoms with Crippen molar-refractivity contribution < 1.29 is 9.32 Å². The van der Waals surface area contributed by atoms with Crippen LogP contribution in [-0.2, 0) is 13.0 Å². The number of hydrogen-bond donors (Lipinski definition) is 1. The number of carbonyl (C=O) groups is 1. The Labute approximate surface area is 127 Å². The summed E-state index contributed by atoms with van der Waals surface area (Å²) in [4.78, 5) is 14.2. The van der Waals surface area contributed by atoms with Crippen molar-refractivity contribution in [3.05, 3.63) is 59.8 Å². The molecule has 5 heteroatoms. The van der Waals surface area contributed by atoms with Crippen molar-refractivity contribution in [2.75, 3.05) is 11.4 Å². The van der Waals surface area contributed by atoms with E-state index in [1.165, 1.54) is 5.56 Å². The van der Waals surface area contributed by atoms with E-state index in [-0.39, 0.29) is 6.03 Å². The monoisotopic (exact) mass is 293 g/mol. The molecule has 0 saturated heterocycles. The van der Waals surface area contributed by atoms with E-state index in [2.05, 4.69) is 16.5 Å². The highest BCUT2D eigenvalue weighted by molar-refractivity contribution is 5.94. The van der Waals surface area contributed by atoms with Crippen LogP contribution >= 0.6 is 0 Å². The SMILES string of the molecule is O=C(NCc1noc2ccccc12)N1CCc2ccccc21. The zero-order valence-corrected chi connectivity index (χ0v) is 12.0. The highest BCUT2D eigenvalue weighted by atomic mass is 16.5. The number of nitrogens with one attached hydrogen (secondary N) is 1. The van der Waals surface area contributed by atoms with Crippen LogP contribution in [0.2, 0.25) is 0 Å². The van der Waals surface area contributed by atoms with Crippen molar-refractivity contribution in [2.24, 2.45) is 0 Å². The van der Waals surface area contributed by atoms with Gasteiger partial charge < -0.3 is 9.84 Å². The first kappa shape index (κ1) is 12.9. The van der Waals surface area contributed by atoms with E-state index in [9.17, 15) is 4.79 Å². The van der Waals surface area contributed by atoms with Gasteiger partial charge in [0.25, 0.3) is 0 Å². The average molecular weight is 293 g/mol. The number of benzene rings is 2. The van der Waals surface area contributed by atoms with Gasteiger partial charge in [0.1, 0.15) is 5.69 Å². The van der Waals surface area contributed by atoms with Gasteiger partial charge in [0.15, 0.2) is 5.58 Å². The first-order valence-electron chi connectivity index (χ1n) is 7.29. The second-order valence-electron chi connectivity index (χ2n) is 5.31. The minimum atomic E-state index is -0.1000. The van der Waals surface area contributed by atoms with Crippen molar-refractivity contribution in [1.29, 1.82) is 0 Å². The second-order valence-corrected chi connectivity index (χ2v) is 5.31. The Morgan fingerprint density at radius 2 is 2.00 bits per heavy atom. The molecule has 0 bridgehead atoms. The standard InChI is InChI=1S/C17H15N3O2/c21-17(20-10-9-12-5-1-3-7-15(12)20)18-11-14-13-6-2-4-8-16(13)22-19-14/h1-8H,9-11H2,(H,18,21). The minimum Gasteiger partial charge on any atom is -0.356 e. The number of hydrogen-bond acceptors (Lipinski definition) is 3. The Bertz CT molecular complexity index is 841. The molecular weight excluding hydrogens is 278 g/mol. The number of urea groups is 1. The summed E-state index contributed by atoms with van der Waals surface area (Å²) in [7, 11) is 0. The summed E-state index contributed by atoms with van der Waals surface area (Å²) in [6, 6.07) is 15.5. The van der Waals surface area contributed by atoms with Crippen LogP contribution in [-0.4, -0.2) is 17.7 Å². The summed E-state index contributed by atoms with van der Waals surface area (Å²) in [6.45, 7) is 1.07. The zero-order chi connectivity index (χ0) is 14.9. The molecule has 0 unspecified atom stereocenters. The third-order valence-corrected chi connectivity index (χ3v) is 3.99. The van der Waals surface area contributed by atoms with E-state index in [0.29, 0.717) is 13.1 Å². The fourth-order valence-corrected chi connectivity index (χ4v) is 2.87. The van der Waals surface area contributed by atoms with Crippen LogP contribution in [0.4, 0.5) is 10.5 Å². The minimum absolute atomic E-state index is 0.1000. The van der Waals surface area contributed by atoms with Crippen molar-refractivity contribution in [2.45, 2.75) is 13.0 Å². The summed E-state index contributed by atoms with van der Waals surface area (Å²) in [5, 5.41) is 7.89. The fraction of sp³-hybridized carbons (Fsp3) is 0.176. The van der Waals surface area contributed by atoms with E-state index in [1.807, 2.05) is 42.5 Å². The maximum Gasteiger partial charge on any atom is 0.322 e. The molecule has 1 aromatic heterocycles.